The van der Waals surface area contributed by atoms with Gasteiger partial charge in [-0.15, -0.1) is 0 Å². The van der Waals surface area contributed by atoms with E-state index in [1.165, 1.54) is 51.4 Å². The molecule has 2 heteroatoms. The first-order chi connectivity index (χ1) is 10.8. The molecular weight excluding hydrogens is 284 g/mol. The molecule has 2 saturated carbocycles. The second-order valence-electron chi connectivity index (χ2n) is 10.1. The largest absolute Gasteiger partial charge is 0.370 e. The highest BCUT2D eigenvalue weighted by Gasteiger charge is 2.51. The third kappa shape index (κ3) is 2.99. The summed E-state index contributed by atoms with van der Waals surface area (Å²) in [6, 6.07) is 0. The maximum atomic E-state index is 5.71. The molecule has 0 aromatic carbocycles. The normalized spacial score (nSPS) is 50.6. The molecule has 2 heterocycles. The van der Waals surface area contributed by atoms with Crippen LogP contribution in [0, 0.1) is 29.1 Å². The lowest BCUT2D eigenvalue weighted by atomic mass is 9.58. The van der Waals surface area contributed by atoms with Gasteiger partial charge in [-0.2, -0.15) is 0 Å². The van der Waals surface area contributed by atoms with E-state index in [0.717, 1.165) is 36.9 Å². The number of epoxide rings is 2. The number of rotatable bonds is 4. The molecule has 0 spiro atoms. The Morgan fingerprint density at radius 3 is 1.22 bits per heavy atom. The molecular formula is C21H36O2. The number of hydrogen-bond acceptors (Lipinski definition) is 2. The van der Waals surface area contributed by atoms with E-state index in [-0.39, 0.29) is 11.2 Å². The minimum atomic E-state index is 0.257. The lowest BCUT2D eigenvalue weighted by Crippen LogP contribution is -2.39. The van der Waals surface area contributed by atoms with E-state index < -0.39 is 0 Å². The predicted octanol–water partition coefficient (Wildman–Crippen LogP) is 5.20. The van der Waals surface area contributed by atoms with Crippen LogP contribution in [-0.2, 0) is 9.47 Å². The van der Waals surface area contributed by atoms with Crippen molar-refractivity contribution >= 4 is 0 Å². The first-order valence-corrected chi connectivity index (χ1v) is 10.1. The topological polar surface area (TPSA) is 25.1 Å². The zero-order chi connectivity index (χ0) is 16.3. The van der Waals surface area contributed by atoms with Crippen molar-refractivity contribution in [3.63, 3.8) is 0 Å². The molecule has 23 heavy (non-hydrogen) atoms. The van der Waals surface area contributed by atoms with Crippen molar-refractivity contribution < 1.29 is 9.47 Å². The van der Waals surface area contributed by atoms with E-state index in [2.05, 4.69) is 27.7 Å². The van der Waals surface area contributed by atoms with Gasteiger partial charge in [0.1, 0.15) is 0 Å². The summed E-state index contributed by atoms with van der Waals surface area (Å²) >= 11 is 0. The van der Waals surface area contributed by atoms with E-state index in [9.17, 15) is 0 Å². The van der Waals surface area contributed by atoms with Crippen LogP contribution in [0.15, 0.2) is 0 Å². The lowest BCUT2D eigenvalue weighted by Gasteiger charge is -2.47. The van der Waals surface area contributed by atoms with E-state index in [4.69, 9.17) is 9.47 Å². The van der Waals surface area contributed by atoms with Gasteiger partial charge >= 0.3 is 0 Å². The van der Waals surface area contributed by atoms with Crippen molar-refractivity contribution in [2.45, 2.75) is 90.3 Å². The molecule has 4 fully saturated rings. The molecule has 0 aromatic heterocycles. The van der Waals surface area contributed by atoms with Crippen LogP contribution in [0.3, 0.4) is 0 Å². The van der Waals surface area contributed by atoms with Crippen LogP contribution < -0.4 is 0 Å². The second-order valence-corrected chi connectivity index (χ2v) is 10.1. The summed E-state index contributed by atoms with van der Waals surface area (Å²) < 4.78 is 11.4. The van der Waals surface area contributed by atoms with E-state index >= 15 is 0 Å². The Labute approximate surface area is 142 Å². The quantitative estimate of drug-likeness (QED) is 0.665. The molecule has 132 valence electrons. The molecule has 4 rings (SSSR count). The number of hydrogen-bond donors (Lipinski definition) is 0. The highest BCUT2D eigenvalue weighted by Crippen LogP contribution is 2.54. The summed E-state index contributed by atoms with van der Waals surface area (Å²) in [5.74, 6) is 3.51. The van der Waals surface area contributed by atoms with E-state index in [1.54, 1.807) is 0 Å². The highest BCUT2D eigenvalue weighted by atomic mass is 16.6. The fraction of sp³-hybridized carbons (Fsp3) is 1.00. The summed E-state index contributed by atoms with van der Waals surface area (Å²) in [4.78, 5) is 0. The first-order valence-electron chi connectivity index (χ1n) is 10.1. The molecule has 0 N–H and O–H groups in total. The molecule has 0 bridgehead atoms. The second kappa shape index (κ2) is 5.46. The van der Waals surface area contributed by atoms with Gasteiger partial charge in [0, 0.05) is 0 Å². The summed E-state index contributed by atoms with van der Waals surface area (Å²) in [5.41, 5.74) is 1.03. The van der Waals surface area contributed by atoms with Crippen LogP contribution in [-0.4, -0.2) is 24.4 Å². The van der Waals surface area contributed by atoms with Gasteiger partial charge in [-0.1, -0.05) is 13.8 Å². The maximum Gasteiger partial charge on any atom is 0.0916 e. The first kappa shape index (κ1) is 16.4. The SMILES string of the molecule is CC1(C2CCC(C(C)(C)C3CCC(C4(C)CO4)CC3)CC2)CO1. The van der Waals surface area contributed by atoms with Gasteiger partial charge in [0.15, 0.2) is 0 Å². The van der Waals surface area contributed by atoms with Crippen LogP contribution in [0.1, 0.15) is 79.1 Å². The summed E-state index contributed by atoms with van der Waals surface area (Å²) in [7, 11) is 0. The predicted molar refractivity (Wildman–Crippen MR) is 93.4 cm³/mol. The Morgan fingerprint density at radius 1 is 0.652 bits per heavy atom. The molecule has 2 aliphatic heterocycles. The Balaban J connectivity index is 1.31. The Morgan fingerprint density at radius 2 is 0.957 bits per heavy atom. The summed E-state index contributed by atoms with van der Waals surface area (Å²) in [6.45, 7) is 11.8. The average molecular weight is 321 g/mol. The zero-order valence-corrected chi connectivity index (χ0v) is 15.7. The molecule has 0 aromatic rings. The van der Waals surface area contributed by atoms with Crippen LogP contribution in [0.2, 0.25) is 0 Å². The van der Waals surface area contributed by atoms with Gasteiger partial charge in [-0.3, -0.25) is 0 Å². The standard InChI is InChI=1S/C21H36O2/c1-19(2,15-5-9-17(10-6-15)20(3)13-22-20)16-7-11-18(12-8-16)21(4)14-23-21/h15-18H,5-14H2,1-4H3. The van der Waals surface area contributed by atoms with Crippen molar-refractivity contribution in [3.8, 4) is 0 Å². The van der Waals surface area contributed by atoms with Crippen molar-refractivity contribution in [3.05, 3.63) is 0 Å². The zero-order valence-electron chi connectivity index (χ0n) is 15.7. The fourth-order valence-electron chi connectivity index (χ4n) is 5.93. The molecule has 2 atom stereocenters. The monoisotopic (exact) mass is 320 g/mol. The maximum absolute atomic E-state index is 5.71. The Hall–Kier alpha value is -0.0800. The van der Waals surface area contributed by atoms with E-state index in [0.29, 0.717) is 5.41 Å². The van der Waals surface area contributed by atoms with Crippen molar-refractivity contribution in [1.29, 1.82) is 0 Å². The number of ether oxygens (including phenoxy) is 2. The minimum absolute atomic E-state index is 0.257. The third-order valence-corrected chi connectivity index (χ3v) is 8.49. The summed E-state index contributed by atoms with van der Waals surface area (Å²) in [5, 5.41) is 0. The molecule has 0 radical (unpaired) electrons. The fourth-order valence-corrected chi connectivity index (χ4v) is 5.93. The molecule has 2 unspecified atom stereocenters. The van der Waals surface area contributed by atoms with Crippen LogP contribution in [0.25, 0.3) is 0 Å². The molecule has 0 amide bonds. The average Bonchev–Trinajstić information content (AvgIpc) is 3.48. The highest BCUT2D eigenvalue weighted by molar-refractivity contribution is 5.00. The van der Waals surface area contributed by atoms with Crippen LogP contribution in [0.4, 0.5) is 0 Å². The Kier molecular flexibility index (Phi) is 3.89. The molecule has 2 saturated heterocycles. The van der Waals surface area contributed by atoms with Gasteiger partial charge in [0.05, 0.1) is 24.4 Å². The summed E-state index contributed by atoms with van der Waals surface area (Å²) in [6.07, 6.45) is 11.3. The molecule has 2 aliphatic carbocycles. The molecule has 2 nitrogen and oxygen atoms in total. The van der Waals surface area contributed by atoms with Gasteiger partial charge < -0.3 is 9.47 Å². The van der Waals surface area contributed by atoms with Crippen LogP contribution >= 0.6 is 0 Å². The third-order valence-electron chi connectivity index (χ3n) is 8.49. The van der Waals surface area contributed by atoms with Gasteiger partial charge in [-0.05, 0) is 94.3 Å². The van der Waals surface area contributed by atoms with Gasteiger partial charge in [-0.25, -0.2) is 0 Å². The van der Waals surface area contributed by atoms with Crippen molar-refractivity contribution in [2.75, 3.05) is 13.2 Å². The van der Waals surface area contributed by atoms with Gasteiger partial charge in [0.2, 0.25) is 0 Å². The Bertz CT molecular complexity index is 391. The smallest absolute Gasteiger partial charge is 0.0916 e. The molecule has 4 aliphatic rings. The van der Waals surface area contributed by atoms with E-state index in [1.807, 2.05) is 0 Å². The van der Waals surface area contributed by atoms with Gasteiger partial charge in [0.25, 0.3) is 0 Å². The minimum Gasteiger partial charge on any atom is -0.370 e. The lowest BCUT2D eigenvalue weighted by molar-refractivity contribution is 0.0212. The van der Waals surface area contributed by atoms with Crippen LogP contribution in [0.5, 0.6) is 0 Å². The van der Waals surface area contributed by atoms with Crippen molar-refractivity contribution in [2.24, 2.45) is 29.1 Å². The van der Waals surface area contributed by atoms with Crippen molar-refractivity contribution in [1.82, 2.24) is 0 Å².